The van der Waals surface area contributed by atoms with E-state index in [1.165, 1.54) is 5.32 Å². The van der Waals surface area contributed by atoms with Crippen molar-refractivity contribution in [1.82, 2.24) is 0 Å². The number of anilines is 1. The van der Waals surface area contributed by atoms with Gasteiger partial charge < -0.3 is 10.1 Å². The third kappa shape index (κ3) is 3.61. The lowest BCUT2D eigenvalue weighted by atomic mass is 10.3. The van der Waals surface area contributed by atoms with Gasteiger partial charge in [-0.3, -0.25) is 4.79 Å². The number of halogens is 4. The molecule has 0 aliphatic heterocycles. The predicted octanol–water partition coefficient (Wildman–Crippen LogP) is 2.73. The highest BCUT2D eigenvalue weighted by Crippen LogP contribution is 2.23. The first-order chi connectivity index (χ1) is 7.84. The van der Waals surface area contributed by atoms with Crippen molar-refractivity contribution in [3.8, 4) is 5.75 Å². The minimum Gasteiger partial charge on any atom is -0.491 e. The van der Waals surface area contributed by atoms with Gasteiger partial charge in [-0.1, -0.05) is 0 Å². The molecule has 1 N–H and O–H groups in total. The molecule has 0 spiro atoms. The molecule has 0 atom stereocenters. The number of carbonyl (C=O) groups excluding carboxylic acids is 1. The van der Waals surface area contributed by atoms with Crippen molar-refractivity contribution in [1.29, 1.82) is 0 Å². The highest BCUT2D eigenvalue weighted by Gasteiger charge is 2.38. The zero-order valence-electron chi connectivity index (χ0n) is 8.77. The smallest absolute Gasteiger partial charge is 0.471 e. The van der Waals surface area contributed by atoms with E-state index in [0.717, 1.165) is 18.2 Å². The zero-order chi connectivity index (χ0) is 13.1. The van der Waals surface area contributed by atoms with Crippen LogP contribution in [0.1, 0.15) is 6.92 Å². The monoisotopic (exact) mass is 251 g/mol. The third-order valence-corrected chi connectivity index (χ3v) is 1.75. The quantitative estimate of drug-likeness (QED) is 0.839. The summed E-state index contributed by atoms with van der Waals surface area (Å²) in [6, 6.07) is 3.02. The summed E-state index contributed by atoms with van der Waals surface area (Å²) in [7, 11) is 0. The summed E-state index contributed by atoms with van der Waals surface area (Å²) in [4.78, 5) is 10.6. The van der Waals surface area contributed by atoms with E-state index in [1.54, 1.807) is 6.92 Å². The maximum absolute atomic E-state index is 13.2. The Kier molecular flexibility index (Phi) is 3.93. The number of ether oxygens (including phenoxy) is 1. The first-order valence-corrected chi connectivity index (χ1v) is 4.65. The topological polar surface area (TPSA) is 38.3 Å². The van der Waals surface area contributed by atoms with E-state index in [9.17, 15) is 22.4 Å². The Morgan fingerprint density at radius 2 is 2.06 bits per heavy atom. The number of benzene rings is 1. The van der Waals surface area contributed by atoms with Gasteiger partial charge in [-0.05, 0) is 19.1 Å². The SMILES string of the molecule is CCOc1ccc(NC(=O)C(F)(F)F)cc1F. The van der Waals surface area contributed by atoms with Gasteiger partial charge in [0.2, 0.25) is 0 Å². The van der Waals surface area contributed by atoms with Gasteiger partial charge in [-0.25, -0.2) is 4.39 Å². The summed E-state index contributed by atoms with van der Waals surface area (Å²) in [5, 5.41) is 1.53. The molecule has 0 unspecified atom stereocenters. The maximum Gasteiger partial charge on any atom is 0.471 e. The molecule has 0 aliphatic carbocycles. The number of rotatable bonds is 3. The van der Waals surface area contributed by atoms with Crippen molar-refractivity contribution in [2.75, 3.05) is 11.9 Å². The molecule has 1 rings (SSSR count). The normalized spacial score (nSPS) is 11.1. The van der Waals surface area contributed by atoms with Crippen LogP contribution in [0, 0.1) is 5.82 Å². The van der Waals surface area contributed by atoms with Crippen LogP contribution in [0.2, 0.25) is 0 Å². The Morgan fingerprint density at radius 3 is 2.53 bits per heavy atom. The van der Waals surface area contributed by atoms with E-state index in [-0.39, 0.29) is 18.0 Å². The van der Waals surface area contributed by atoms with E-state index in [1.807, 2.05) is 0 Å². The molecule has 1 aromatic carbocycles. The van der Waals surface area contributed by atoms with Gasteiger partial charge in [0, 0.05) is 11.8 Å². The molecule has 7 heteroatoms. The number of hydrogen-bond donors (Lipinski definition) is 1. The molecule has 0 radical (unpaired) electrons. The largest absolute Gasteiger partial charge is 0.491 e. The summed E-state index contributed by atoms with van der Waals surface area (Å²) in [5.41, 5.74) is -0.284. The zero-order valence-corrected chi connectivity index (χ0v) is 8.77. The Bertz CT molecular complexity index is 417. The van der Waals surface area contributed by atoms with Gasteiger partial charge in [0.1, 0.15) is 0 Å². The van der Waals surface area contributed by atoms with Crippen LogP contribution < -0.4 is 10.1 Å². The fraction of sp³-hybridized carbons (Fsp3) is 0.300. The molecular formula is C10H9F4NO2. The van der Waals surface area contributed by atoms with Gasteiger partial charge in [0.25, 0.3) is 0 Å². The van der Waals surface area contributed by atoms with Crippen LogP contribution in [-0.2, 0) is 4.79 Å². The number of alkyl halides is 3. The molecule has 1 amide bonds. The second kappa shape index (κ2) is 5.03. The van der Waals surface area contributed by atoms with Crippen LogP contribution in [0.15, 0.2) is 18.2 Å². The van der Waals surface area contributed by atoms with Gasteiger partial charge >= 0.3 is 12.1 Å². The molecule has 0 saturated heterocycles. The van der Waals surface area contributed by atoms with Gasteiger partial charge in [0.15, 0.2) is 11.6 Å². The minimum absolute atomic E-state index is 0.0856. The predicted molar refractivity (Wildman–Crippen MR) is 52.3 cm³/mol. The van der Waals surface area contributed by atoms with E-state index in [0.29, 0.717) is 0 Å². The standard InChI is InChI=1S/C10H9F4NO2/c1-2-17-8-4-3-6(5-7(8)11)15-9(16)10(12,13)14/h3-5H,2H2,1H3,(H,15,16). The van der Waals surface area contributed by atoms with Crippen LogP contribution in [0.5, 0.6) is 5.75 Å². The second-order valence-electron chi connectivity index (χ2n) is 3.03. The third-order valence-electron chi connectivity index (χ3n) is 1.75. The van der Waals surface area contributed by atoms with Crippen molar-refractivity contribution in [3.05, 3.63) is 24.0 Å². The molecule has 0 fully saturated rings. The van der Waals surface area contributed by atoms with Gasteiger partial charge in [-0.15, -0.1) is 0 Å². The van der Waals surface area contributed by atoms with Crippen molar-refractivity contribution >= 4 is 11.6 Å². The number of nitrogens with one attached hydrogen (secondary N) is 1. The number of amides is 1. The molecule has 94 valence electrons. The lowest BCUT2D eigenvalue weighted by Crippen LogP contribution is -2.29. The molecule has 17 heavy (non-hydrogen) atoms. The minimum atomic E-state index is -5.00. The second-order valence-corrected chi connectivity index (χ2v) is 3.03. The van der Waals surface area contributed by atoms with Crippen LogP contribution in [-0.4, -0.2) is 18.7 Å². The van der Waals surface area contributed by atoms with Crippen LogP contribution in [0.25, 0.3) is 0 Å². The first-order valence-electron chi connectivity index (χ1n) is 4.65. The molecular weight excluding hydrogens is 242 g/mol. The molecule has 0 heterocycles. The molecule has 0 aliphatic rings. The lowest BCUT2D eigenvalue weighted by Gasteiger charge is -2.09. The van der Waals surface area contributed by atoms with Gasteiger partial charge in [0.05, 0.1) is 6.61 Å². The molecule has 0 saturated carbocycles. The average molecular weight is 251 g/mol. The fourth-order valence-corrected chi connectivity index (χ4v) is 1.05. The Hall–Kier alpha value is -1.79. The van der Waals surface area contributed by atoms with E-state index in [4.69, 9.17) is 4.74 Å². The number of hydrogen-bond acceptors (Lipinski definition) is 2. The molecule has 0 aromatic heterocycles. The number of carbonyl (C=O) groups is 1. The maximum atomic E-state index is 13.2. The van der Waals surface area contributed by atoms with Crippen molar-refractivity contribution in [3.63, 3.8) is 0 Å². The fourth-order valence-electron chi connectivity index (χ4n) is 1.05. The van der Waals surface area contributed by atoms with E-state index >= 15 is 0 Å². The Labute approximate surface area is 94.4 Å². The Morgan fingerprint density at radius 1 is 1.41 bits per heavy atom. The van der Waals surface area contributed by atoms with E-state index in [2.05, 4.69) is 0 Å². The van der Waals surface area contributed by atoms with Gasteiger partial charge in [-0.2, -0.15) is 13.2 Å². The molecule has 3 nitrogen and oxygen atoms in total. The van der Waals surface area contributed by atoms with Crippen LogP contribution >= 0.6 is 0 Å². The summed E-state index contributed by atoms with van der Waals surface area (Å²) in [5.74, 6) is -3.08. The van der Waals surface area contributed by atoms with Crippen molar-refractivity contribution < 1.29 is 27.1 Å². The van der Waals surface area contributed by atoms with Crippen LogP contribution in [0.3, 0.4) is 0 Å². The highest BCUT2D eigenvalue weighted by molar-refractivity contribution is 5.94. The molecule has 0 bridgehead atoms. The summed E-state index contributed by atoms with van der Waals surface area (Å²) >= 11 is 0. The average Bonchev–Trinajstić information content (AvgIpc) is 2.21. The van der Waals surface area contributed by atoms with Crippen molar-refractivity contribution in [2.45, 2.75) is 13.1 Å². The van der Waals surface area contributed by atoms with Crippen molar-refractivity contribution in [2.24, 2.45) is 0 Å². The van der Waals surface area contributed by atoms with Crippen LogP contribution in [0.4, 0.5) is 23.2 Å². The Balaban J connectivity index is 2.81. The molecule has 1 aromatic rings. The lowest BCUT2D eigenvalue weighted by molar-refractivity contribution is -0.167. The highest BCUT2D eigenvalue weighted by atomic mass is 19.4. The first kappa shape index (κ1) is 13.3. The summed E-state index contributed by atoms with van der Waals surface area (Å²) in [6.45, 7) is 1.87. The summed E-state index contributed by atoms with van der Waals surface area (Å²) < 4.78 is 53.8. The van der Waals surface area contributed by atoms with E-state index < -0.39 is 17.9 Å². The summed E-state index contributed by atoms with van der Waals surface area (Å²) in [6.07, 6.45) is -5.00.